The van der Waals surface area contributed by atoms with E-state index in [-0.39, 0.29) is 0 Å². The Hall–Kier alpha value is -1.50. The van der Waals surface area contributed by atoms with Gasteiger partial charge >= 0.3 is 0 Å². The number of allylic oxidation sites excluding steroid dienone is 4. The van der Waals surface area contributed by atoms with Gasteiger partial charge in [-0.15, -0.1) is 0 Å². The van der Waals surface area contributed by atoms with Crippen LogP contribution < -0.4 is 0 Å². The van der Waals surface area contributed by atoms with E-state index in [1.807, 2.05) is 36.4 Å². The van der Waals surface area contributed by atoms with Crippen LogP contribution in [0.25, 0.3) is 11.1 Å². The summed E-state index contributed by atoms with van der Waals surface area (Å²) in [5.41, 5.74) is 7.79. The van der Waals surface area contributed by atoms with Crippen molar-refractivity contribution < 1.29 is 0 Å². The van der Waals surface area contributed by atoms with Crippen molar-refractivity contribution in [2.24, 2.45) is 0 Å². The monoisotopic (exact) mass is 314 g/mol. The van der Waals surface area contributed by atoms with E-state index in [9.17, 15) is 0 Å². The smallest absolute Gasteiger partial charge is 0.0412 e. The molecule has 3 rings (SSSR count). The van der Waals surface area contributed by atoms with Gasteiger partial charge in [-0.25, -0.2) is 0 Å². The fourth-order valence-corrected chi connectivity index (χ4v) is 3.26. The van der Waals surface area contributed by atoms with Crippen LogP contribution in [0.2, 0.25) is 10.0 Å². The molecular formula is C19H16Cl2. The molecule has 0 aromatic heterocycles. The van der Waals surface area contributed by atoms with Crippen molar-refractivity contribution in [1.82, 2.24) is 0 Å². The van der Waals surface area contributed by atoms with E-state index in [2.05, 4.69) is 26.0 Å². The molecule has 2 heteroatoms. The summed E-state index contributed by atoms with van der Waals surface area (Å²) in [4.78, 5) is 0. The fourth-order valence-electron chi connectivity index (χ4n) is 2.88. The molecule has 0 amide bonds. The SMILES string of the molecule is CC1=C(c2cccc(Cl)c2)CC(c2cccc(Cl)c2)=C1C. The van der Waals surface area contributed by atoms with Gasteiger partial charge in [0.15, 0.2) is 0 Å². The van der Waals surface area contributed by atoms with Gasteiger partial charge in [0.05, 0.1) is 0 Å². The maximum absolute atomic E-state index is 6.13. The standard InChI is InChI=1S/C19H16Cl2/c1-12-13(2)19(15-6-4-8-17(21)10-15)11-18(12)14-5-3-7-16(20)9-14/h3-10H,11H2,1-2H3. The predicted molar refractivity (Wildman–Crippen MR) is 92.7 cm³/mol. The van der Waals surface area contributed by atoms with Crippen LogP contribution in [-0.2, 0) is 0 Å². The minimum atomic E-state index is 0.779. The summed E-state index contributed by atoms with van der Waals surface area (Å²) in [5, 5.41) is 1.56. The molecule has 1 aliphatic rings. The molecule has 0 nitrogen and oxygen atoms in total. The first-order chi connectivity index (χ1) is 10.1. The second-order valence-corrected chi connectivity index (χ2v) is 6.28. The lowest BCUT2D eigenvalue weighted by Crippen LogP contribution is -1.86. The molecule has 0 bridgehead atoms. The van der Waals surface area contributed by atoms with Gasteiger partial charge in [0, 0.05) is 10.0 Å². The molecule has 0 unspecified atom stereocenters. The molecule has 2 aromatic rings. The zero-order valence-corrected chi connectivity index (χ0v) is 13.6. The van der Waals surface area contributed by atoms with Crippen LogP contribution in [0.5, 0.6) is 0 Å². The molecule has 0 saturated heterocycles. The second-order valence-electron chi connectivity index (χ2n) is 5.40. The Kier molecular flexibility index (Phi) is 3.93. The lowest BCUT2D eigenvalue weighted by atomic mass is 9.98. The highest BCUT2D eigenvalue weighted by Crippen LogP contribution is 2.43. The van der Waals surface area contributed by atoms with E-state index >= 15 is 0 Å². The van der Waals surface area contributed by atoms with Crippen LogP contribution in [0.4, 0.5) is 0 Å². The van der Waals surface area contributed by atoms with Crippen LogP contribution >= 0.6 is 23.2 Å². The van der Waals surface area contributed by atoms with Crippen molar-refractivity contribution in [1.29, 1.82) is 0 Å². The van der Waals surface area contributed by atoms with Gasteiger partial charge in [0.1, 0.15) is 0 Å². The summed E-state index contributed by atoms with van der Waals surface area (Å²) >= 11 is 12.3. The van der Waals surface area contributed by atoms with Crippen LogP contribution in [0.15, 0.2) is 59.7 Å². The van der Waals surface area contributed by atoms with Gasteiger partial charge < -0.3 is 0 Å². The number of hydrogen-bond donors (Lipinski definition) is 0. The van der Waals surface area contributed by atoms with Gasteiger partial charge in [-0.3, -0.25) is 0 Å². The van der Waals surface area contributed by atoms with Crippen molar-refractivity contribution in [3.8, 4) is 0 Å². The van der Waals surface area contributed by atoms with Gasteiger partial charge in [-0.05, 0) is 78.0 Å². The lowest BCUT2D eigenvalue weighted by molar-refractivity contribution is 1.38. The third-order valence-corrected chi connectivity index (χ3v) is 4.64. The Morgan fingerprint density at radius 1 is 0.714 bits per heavy atom. The average molecular weight is 315 g/mol. The van der Waals surface area contributed by atoms with E-state index in [0.717, 1.165) is 16.5 Å². The largest absolute Gasteiger partial charge is 0.0843 e. The van der Waals surface area contributed by atoms with Gasteiger partial charge in [0.25, 0.3) is 0 Å². The number of rotatable bonds is 2. The Balaban J connectivity index is 2.00. The summed E-state index contributed by atoms with van der Waals surface area (Å²) in [6, 6.07) is 16.2. The molecular weight excluding hydrogens is 299 g/mol. The molecule has 106 valence electrons. The van der Waals surface area contributed by atoms with Crippen molar-refractivity contribution in [3.05, 3.63) is 80.8 Å². The van der Waals surface area contributed by atoms with Crippen molar-refractivity contribution in [3.63, 3.8) is 0 Å². The molecule has 0 fully saturated rings. The molecule has 0 radical (unpaired) electrons. The minimum Gasteiger partial charge on any atom is -0.0843 e. The Morgan fingerprint density at radius 2 is 1.14 bits per heavy atom. The highest BCUT2D eigenvalue weighted by molar-refractivity contribution is 6.31. The molecule has 1 aliphatic carbocycles. The zero-order chi connectivity index (χ0) is 15.0. The minimum absolute atomic E-state index is 0.779. The third kappa shape index (κ3) is 2.79. The number of benzene rings is 2. The summed E-state index contributed by atoms with van der Waals surface area (Å²) in [5.74, 6) is 0. The Morgan fingerprint density at radius 3 is 1.52 bits per heavy atom. The van der Waals surface area contributed by atoms with E-state index < -0.39 is 0 Å². The van der Waals surface area contributed by atoms with E-state index in [1.54, 1.807) is 0 Å². The van der Waals surface area contributed by atoms with Crippen LogP contribution in [0.1, 0.15) is 31.4 Å². The molecule has 21 heavy (non-hydrogen) atoms. The van der Waals surface area contributed by atoms with Crippen molar-refractivity contribution >= 4 is 34.3 Å². The lowest BCUT2D eigenvalue weighted by Gasteiger charge is -2.08. The molecule has 0 spiro atoms. The summed E-state index contributed by atoms with van der Waals surface area (Å²) in [6.07, 6.45) is 0.929. The zero-order valence-electron chi connectivity index (χ0n) is 12.1. The Bertz CT molecular complexity index is 701. The van der Waals surface area contributed by atoms with E-state index in [1.165, 1.54) is 33.4 Å². The van der Waals surface area contributed by atoms with Crippen LogP contribution in [0, 0.1) is 0 Å². The normalized spacial score (nSPS) is 15.0. The summed E-state index contributed by atoms with van der Waals surface area (Å²) in [7, 11) is 0. The first-order valence-corrected chi connectivity index (χ1v) is 7.73. The summed E-state index contributed by atoms with van der Waals surface area (Å²) in [6.45, 7) is 4.37. The van der Waals surface area contributed by atoms with Crippen molar-refractivity contribution in [2.45, 2.75) is 20.3 Å². The highest BCUT2D eigenvalue weighted by Gasteiger charge is 2.21. The molecule has 0 N–H and O–H groups in total. The van der Waals surface area contributed by atoms with Gasteiger partial charge in [-0.1, -0.05) is 47.5 Å². The van der Waals surface area contributed by atoms with E-state index in [4.69, 9.17) is 23.2 Å². The first-order valence-electron chi connectivity index (χ1n) is 6.98. The maximum atomic E-state index is 6.13. The fraction of sp³-hybridized carbons (Fsp3) is 0.158. The Labute approximate surface area is 135 Å². The topological polar surface area (TPSA) is 0 Å². The highest BCUT2D eigenvalue weighted by atomic mass is 35.5. The molecule has 0 aliphatic heterocycles. The van der Waals surface area contributed by atoms with E-state index in [0.29, 0.717) is 0 Å². The van der Waals surface area contributed by atoms with Gasteiger partial charge in [-0.2, -0.15) is 0 Å². The molecule has 0 saturated carbocycles. The molecule has 2 aromatic carbocycles. The maximum Gasteiger partial charge on any atom is 0.0412 e. The van der Waals surface area contributed by atoms with Crippen LogP contribution in [0.3, 0.4) is 0 Å². The number of hydrogen-bond acceptors (Lipinski definition) is 0. The third-order valence-electron chi connectivity index (χ3n) is 4.17. The first kappa shape index (κ1) is 14.4. The quantitative estimate of drug-likeness (QED) is 0.582. The second kappa shape index (κ2) is 5.71. The number of halogens is 2. The van der Waals surface area contributed by atoms with Gasteiger partial charge in [0.2, 0.25) is 0 Å². The molecule has 0 heterocycles. The van der Waals surface area contributed by atoms with Crippen LogP contribution in [-0.4, -0.2) is 0 Å². The summed E-state index contributed by atoms with van der Waals surface area (Å²) < 4.78 is 0. The molecule has 0 atom stereocenters. The van der Waals surface area contributed by atoms with Crippen molar-refractivity contribution in [2.75, 3.05) is 0 Å². The average Bonchev–Trinajstić information content (AvgIpc) is 2.75. The predicted octanol–water partition coefficient (Wildman–Crippen LogP) is 6.64.